The molecule has 0 unspecified atom stereocenters. The van der Waals surface area contributed by atoms with E-state index in [1.807, 2.05) is 32.0 Å². The van der Waals surface area contributed by atoms with Crippen molar-refractivity contribution >= 4 is 5.91 Å². The van der Waals surface area contributed by atoms with Crippen LogP contribution in [0, 0.1) is 13.8 Å². The molecule has 0 spiro atoms. The van der Waals surface area contributed by atoms with Gasteiger partial charge in [-0.15, -0.1) is 0 Å². The van der Waals surface area contributed by atoms with E-state index in [4.69, 9.17) is 4.74 Å². The normalized spacial score (nSPS) is 11.2. The van der Waals surface area contributed by atoms with Crippen LogP contribution in [0.4, 0.5) is 13.2 Å². The maximum atomic E-state index is 12.5. The maximum Gasteiger partial charge on any atom is 0.416 e. The summed E-state index contributed by atoms with van der Waals surface area (Å²) < 4.78 is 43.0. The Balaban J connectivity index is 1.84. The van der Waals surface area contributed by atoms with Crippen molar-refractivity contribution in [2.45, 2.75) is 20.0 Å². The van der Waals surface area contributed by atoms with Crippen molar-refractivity contribution in [2.24, 2.45) is 0 Å². The van der Waals surface area contributed by atoms with Crippen LogP contribution < -0.4 is 10.1 Å². The first-order chi connectivity index (χ1) is 11.3. The molecule has 2 rings (SSSR count). The SMILES string of the molecule is Cc1cccc(OCCNC(=O)c2ccc(C(F)(F)F)cc2)c1C. The zero-order valence-corrected chi connectivity index (χ0v) is 13.4. The van der Waals surface area contributed by atoms with E-state index in [1.54, 1.807) is 0 Å². The quantitative estimate of drug-likeness (QED) is 0.833. The Hall–Kier alpha value is -2.50. The number of aryl methyl sites for hydroxylation is 1. The molecule has 2 aromatic carbocycles. The molecule has 0 atom stereocenters. The largest absolute Gasteiger partial charge is 0.491 e. The number of alkyl halides is 3. The van der Waals surface area contributed by atoms with E-state index in [0.717, 1.165) is 41.1 Å². The van der Waals surface area contributed by atoms with E-state index >= 15 is 0 Å². The monoisotopic (exact) mass is 337 g/mol. The molecule has 0 heterocycles. The van der Waals surface area contributed by atoms with Gasteiger partial charge in [-0.3, -0.25) is 4.79 Å². The molecule has 0 aromatic heterocycles. The first-order valence-corrected chi connectivity index (χ1v) is 7.43. The third kappa shape index (κ3) is 4.50. The van der Waals surface area contributed by atoms with E-state index in [1.165, 1.54) is 0 Å². The summed E-state index contributed by atoms with van der Waals surface area (Å²) in [4.78, 5) is 11.9. The van der Waals surface area contributed by atoms with Gasteiger partial charge in [0.25, 0.3) is 5.91 Å². The summed E-state index contributed by atoms with van der Waals surface area (Å²) >= 11 is 0. The Kier molecular flexibility index (Phi) is 5.49. The van der Waals surface area contributed by atoms with Crippen LogP contribution in [-0.4, -0.2) is 19.1 Å². The summed E-state index contributed by atoms with van der Waals surface area (Å²) in [5, 5.41) is 2.62. The second-order valence-electron chi connectivity index (χ2n) is 5.38. The van der Waals surface area contributed by atoms with Crippen LogP contribution in [0.2, 0.25) is 0 Å². The highest BCUT2D eigenvalue weighted by Gasteiger charge is 2.30. The van der Waals surface area contributed by atoms with E-state index in [9.17, 15) is 18.0 Å². The van der Waals surface area contributed by atoms with E-state index in [2.05, 4.69) is 5.32 Å². The zero-order valence-electron chi connectivity index (χ0n) is 13.4. The summed E-state index contributed by atoms with van der Waals surface area (Å²) in [5.74, 6) is 0.312. The van der Waals surface area contributed by atoms with Crippen LogP contribution in [0.15, 0.2) is 42.5 Å². The number of rotatable bonds is 5. The second-order valence-corrected chi connectivity index (χ2v) is 5.38. The number of hydrogen-bond donors (Lipinski definition) is 1. The highest BCUT2D eigenvalue weighted by atomic mass is 19.4. The number of nitrogens with one attached hydrogen (secondary N) is 1. The molecule has 0 radical (unpaired) electrons. The molecule has 0 saturated heterocycles. The summed E-state index contributed by atoms with van der Waals surface area (Å²) in [5.41, 5.74) is 1.54. The van der Waals surface area contributed by atoms with Crippen molar-refractivity contribution in [1.29, 1.82) is 0 Å². The van der Waals surface area contributed by atoms with Gasteiger partial charge in [-0.1, -0.05) is 12.1 Å². The van der Waals surface area contributed by atoms with Gasteiger partial charge in [0, 0.05) is 5.56 Å². The topological polar surface area (TPSA) is 38.3 Å². The average molecular weight is 337 g/mol. The van der Waals surface area contributed by atoms with Crippen LogP contribution in [-0.2, 0) is 6.18 Å². The fourth-order valence-corrected chi connectivity index (χ4v) is 2.12. The fourth-order valence-electron chi connectivity index (χ4n) is 2.12. The molecule has 24 heavy (non-hydrogen) atoms. The molecule has 1 amide bonds. The molecule has 0 aliphatic heterocycles. The van der Waals surface area contributed by atoms with Crippen molar-refractivity contribution in [3.05, 3.63) is 64.7 Å². The number of hydrogen-bond acceptors (Lipinski definition) is 2. The number of amides is 1. The third-order valence-corrected chi connectivity index (χ3v) is 3.67. The lowest BCUT2D eigenvalue weighted by atomic mass is 10.1. The first kappa shape index (κ1) is 17.8. The Labute approximate surface area is 138 Å². The lowest BCUT2D eigenvalue weighted by Crippen LogP contribution is -2.28. The molecule has 6 heteroatoms. The van der Waals surface area contributed by atoms with E-state index in [-0.39, 0.29) is 18.7 Å². The summed E-state index contributed by atoms with van der Waals surface area (Å²) in [6, 6.07) is 9.81. The molecular formula is C18H18F3NO2. The molecule has 0 aliphatic carbocycles. The van der Waals surface area contributed by atoms with Gasteiger partial charge in [-0.05, 0) is 55.3 Å². The zero-order chi connectivity index (χ0) is 17.7. The molecule has 2 aromatic rings. The minimum atomic E-state index is -4.41. The molecule has 0 fully saturated rings. The van der Waals surface area contributed by atoms with Gasteiger partial charge in [0.15, 0.2) is 0 Å². The molecule has 0 saturated carbocycles. The number of carbonyl (C=O) groups excluding carboxylic acids is 1. The Bertz CT molecular complexity index is 709. The van der Waals surface area contributed by atoms with Crippen LogP contribution in [0.25, 0.3) is 0 Å². The standard InChI is InChI=1S/C18H18F3NO2/c1-12-4-3-5-16(13(12)2)24-11-10-22-17(23)14-6-8-15(9-7-14)18(19,20)21/h3-9H,10-11H2,1-2H3,(H,22,23). The minimum absolute atomic E-state index is 0.176. The summed E-state index contributed by atoms with van der Waals surface area (Å²) in [6.45, 7) is 4.46. The number of benzene rings is 2. The minimum Gasteiger partial charge on any atom is -0.491 e. The van der Waals surface area contributed by atoms with Gasteiger partial charge in [0.1, 0.15) is 12.4 Å². The van der Waals surface area contributed by atoms with Crippen molar-refractivity contribution < 1.29 is 22.7 Å². The molecule has 1 N–H and O–H groups in total. The Morgan fingerprint density at radius 2 is 1.75 bits per heavy atom. The highest BCUT2D eigenvalue weighted by Crippen LogP contribution is 2.29. The predicted molar refractivity (Wildman–Crippen MR) is 85.2 cm³/mol. The van der Waals surface area contributed by atoms with Crippen molar-refractivity contribution in [2.75, 3.05) is 13.2 Å². The van der Waals surface area contributed by atoms with Crippen LogP contribution in [0.3, 0.4) is 0 Å². The summed E-state index contributed by atoms with van der Waals surface area (Å²) in [7, 11) is 0. The van der Waals surface area contributed by atoms with Gasteiger partial charge in [0.05, 0.1) is 12.1 Å². The van der Waals surface area contributed by atoms with Crippen molar-refractivity contribution in [3.8, 4) is 5.75 Å². The molecule has 0 bridgehead atoms. The lowest BCUT2D eigenvalue weighted by Gasteiger charge is -2.11. The van der Waals surface area contributed by atoms with Crippen LogP contribution in [0.5, 0.6) is 5.75 Å². The van der Waals surface area contributed by atoms with Crippen molar-refractivity contribution in [3.63, 3.8) is 0 Å². The van der Waals surface area contributed by atoms with E-state index < -0.39 is 17.6 Å². The summed E-state index contributed by atoms with van der Waals surface area (Å²) in [6.07, 6.45) is -4.41. The highest BCUT2D eigenvalue weighted by molar-refractivity contribution is 5.94. The molecular weight excluding hydrogens is 319 g/mol. The Morgan fingerprint density at radius 3 is 2.38 bits per heavy atom. The van der Waals surface area contributed by atoms with Crippen molar-refractivity contribution in [1.82, 2.24) is 5.32 Å². The predicted octanol–water partition coefficient (Wildman–Crippen LogP) is 4.13. The average Bonchev–Trinajstić information content (AvgIpc) is 2.54. The van der Waals surface area contributed by atoms with Gasteiger partial charge in [-0.25, -0.2) is 0 Å². The maximum absolute atomic E-state index is 12.5. The van der Waals surface area contributed by atoms with Gasteiger partial charge in [-0.2, -0.15) is 13.2 Å². The van der Waals surface area contributed by atoms with E-state index in [0.29, 0.717) is 0 Å². The number of ether oxygens (including phenoxy) is 1. The molecule has 128 valence electrons. The number of carbonyl (C=O) groups is 1. The van der Waals surface area contributed by atoms with Crippen LogP contribution >= 0.6 is 0 Å². The fraction of sp³-hybridized carbons (Fsp3) is 0.278. The van der Waals surface area contributed by atoms with Gasteiger partial charge in [0.2, 0.25) is 0 Å². The lowest BCUT2D eigenvalue weighted by molar-refractivity contribution is -0.137. The Morgan fingerprint density at radius 1 is 1.08 bits per heavy atom. The smallest absolute Gasteiger partial charge is 0.416 e. The number of halogens is 3. The third-order valence-electron chi connectivity index (χ3n) is 3.67. The molecule has 0 aliphatic rings. The first-order valence-electron chi connectivity index (χ1n) is 7.43. The van der Waals surface area contributed by atoms with Gasteiger partial charge >= 0.3 is 6.18 Å². The van der Waals surface area contributed by atoms with Gasteiger partial charge < -0.3 is 10.1 Å². The van der Waals surface area contributed by atoms with Crippen LogP contribution in [0.1, 0.15) is 27.0 Å². The molecule has 3 nitrogen and oxygen atoms in total. The second kappa shape index (κ2) is 7.38.